The van der Waals surface area contributed by atoms with Crippen molar-refractivity contribution in [3.63, 3.8) is 0 Å². The molecule has 0 aliphatic rings. The largest absolute Gasteiger partial charge is 0.327 e. The predicted molar refractivity (Wildman–Crippen MR) is 69.8 cm³/mol. The summed E-state index contributed by atoms with van der Waals surface area (Å²) in [5.41, 5.74) is 6.05. The summed E-state index contributed by atoms with van der Waals surface area (Å²) in [4.78, 5) is 0. The summed E-state index contributed by atoms with van der Waals surface area (Å²) in [6, 6.07) is 2.42. The molecule has 2 N–H and O–H groups in total. The summed E-state index contributed by atoms with van der Waals surface area (Å²) in [5, 5.41) is 0. The Morgan fingerprint density at radius 3 is 2.59 bits per heavy atom. The lowest BCUT2D eigenvalue weighted by Crippen LogP contribution is -2.31. The van der Waals surface area contributed by atoms with Gasteiger partial charge in [-0.1, -0.05) is 20.3 Å². The van der Waals surface area contributed by atoms with Crippen molar-refractivity contribution in [3.05, 3.63) is 33.8 Å². The fourth-order valence-electron chi connectivity index (χ4n) is 1.86. The zero-order chi connectivity index (χ0) is 13.0. The minimum absolute atomic E-state index is 0.0785. The first-order valence-electron chi connectivity index (χ1n) is 5.85. The number of hydrogen-bond acceptors (Lipinski definition) is 1. The number of nitrogens with two attached hydrogens (primary N) is 1. The van der Waals surface area contributed by atoms with E-state index < -0.39 is 11.6 Å². The molecule has 2 unspecified atom stereocenters. The maximum absolute atomic E-state index is 13.7. The Labute approximate surface area is 110 Å². The highest BCUT2D eigenvalue weighted by atomic mass is 79.9. The molecule has 0 bridgehead atoms. The molecule has 4 heteroatoms. The molecule has 0 heterocycles. The van der Waals surface area contributed by atoms with Crippen molar-refractivity contribution in [2.24, 2.45) is 11.7 Å². The van der Waals surface area contributed by atoms with E-state index in [1.807, 2.05) is 6.92 Å². The first-order valence-corrected chi connectivity index (χ1v) is 6.64. The van der Waals surface area contributed by atoms with Gasteiger partial charge in [0.2, 0.25) is 0 Å². The van der Waals surface area contributed by atoms with Gasteiger partial charge in [0.1, 0.15) is 11.6 Å². The van der Waals surface area contributed by atoms with Crippen molar-refractivity contribution >= 4 is 15.9 Å². The van der Waals surface area contributed by atoms with Gasteiger partial charge in [0.25, 0.3) is 0 Å². The van der Waals surface area contributed by atoms with Crippen LogP contribution in [0, 0.1) is 17.6 Å². The van der Waals surface area contributed by atoms with Gasteiger partial charge in [-0.25, -0.2) is 8.78 Å². The lowest BCUT2D eigenvalue weighted by molar-refractivity contribution is 0.408. The molecule has 17 heavy (non-hydrogen) atoms. The minimum Gasteiger partial charge on any atom is -0.327 e. The number of rotatable bonds is 5. The van der Waals surface area contributed by atoms with Crippen LogP contribution in [-0.2, 0) is 6.42 Å². The third-order valence-corrected chi connectivity index (χ3v) is 3.67. The molecule has 1 nitrogen and oxygen atoms in total. The topological polar surface area (TPSA) is 26.0 Å². The van der Waals surface area contributed by atoms with Gasteiger partial charge in [0.15, 0.2) is 0 Å². The zero-order valence-corrected chi connectivity index (χ0v) is 11.7. The van der Waals surface area contributed by atoms with Crippen LogP contribution in [0.4, 0.5) is 8.78 Å². The van der Waals surface area contributed by atoms with Crippen LogP contribution in [-0.4, -0.2) is 6.04 Å². The standard InChI is InChI=1S/C13H18BrF2N/c1-3-4-8(2)12(17)7-9-11(15)6-5-10(14)13(9)16/h5-6,8,12H,3-4,7,17H2,1-2H3. The lowest BCUT2D eigenvalue weighted by atomic mass is 9.92. The van der Waals surface area contributed by atoms with Crippen molar-refractivity contribution in [1.82, 2.24) is 0 Å². The van der Waals surface area contributed by atoms with Crippen molar-refractivity contribution < 1.29 is 8.78 Å². The molecule has 0 saturated heterocycles. The third kappa shape index (κ3) is 3.75. The molecule has 0 aromatic heterocycles. The number of benzene rings is 1. The molecule has 0 spiro atoms. The molecule has 0 radical (unpaired) electrons. The Morgan fingerprint density at radius 1 is 1.35 bits per heavy atom. The van der Waals surface area contributed by atoms with Gasteiger partial charge in [-0.05, 0) is 46.8 Å². The normalized spacial score (nSPS) is 14.7. The average Bonchev–Trinajstić information content (AvgIpc) is 2.29. The molecule has 0 fully saturated rings. The first-order chi connectivity index (χ1) is 7.97. The Kier molecular flexibility index (Phi) is 5.53. The van der Waals surface area contributed by atoms with Crippen LogP contribution < -0.4 is 5.73 Å². The highest BCUT2D eigenvalue weighted by Gasteiger charge is 2.18. The molecule has 0 aliphatic heterocycles. The molecule has 1 aromatic rings. The van der Waals surface area contributed by atoms with Gasteiger partial charge in [-0.15, -0.1) is 0 Å². The smallest absolute Gasteiger partial charge is 0.143 e. The van der Waals surface area contributed by atoms with Crippen LogP contribution in [0.3, 0.4) is 0 Å². The minimum atomic E-state index is -0.538. The fourth-order valence-corrected chi connectivity index (χ4v) is 2.23. The van der Waals surface area contributed by atoms with Gasteiger partial charge < -0.3 is 5.73 Å². The van der Waals surface area contributed by atoms with Crippen molar-refractivity contribution in [3.8, 4) is 0 Å². The maximum Gasteiger partial charge on any atom is 0.143 e. The van der Waals surface area contributed by atoms with E-state index in [4.69, 9.17) is 5.73 Å². The van der Waals surface area contributed by atoms with Crippen LogP contribution in [0.1, 0.15) is 32.3 Å². The van der Waals surface area contributed by atoms with Crippen LogP contribution in [0.25, 0.3) is 0 Å². The lowest BCUT2D eigenvalue weighted by Gasteiger charge is -2.20. The van der Waals surface area contributed by atoms with Gasteiger partial charge in [-0.2, -0.15) is 0 Å². The monoisotopic (exact) mass is 305 g/mol. The van der Waals surface area contributed by atoms with Crippen molar-refractivity contribution in [2.45, 2.75) is 39.2 Å². The average molecular weight is 306 g/mol. The van der Waals surface area contributed by atoms with Gasteiger partial charge in [0.05, 0.1) is 4.47 Å². The quantitative estimate of drug-likeness (QED) is 0.817. The molecule has 2 atom stereocenters. The summed E-state index contributed by atoms with van der Waals surface area (Å²) in [6.45, 7) is 4.09. The number of hydrogen-bond donors (Lipinski definition) is 1. The van der Waals surface area contributed by atoms with Crippen LogP contribution in [0.5, 0.6) is 0 Å². The highest BCUT2D eigenvalue weighted by molar-refractivity contribution is 9.10. The van der Waals surface area contributed by atoms with E-state index in [0.717, 1.165) is 12.8 Å². The summed E-state index contributed by atoms with van der Waals surface area (Å²) < 4.78 is 27.5. The Hall–Kier alpha value is -0.480. The van der Waals surface area contributed by atoms with Crippen LogP contribution in [0.2, 0.25) is 0 Å². The van der Waals surface area contributed by atoms with E-state index in [1.165, 1.54) is 12.1 Å². The molecule has 1 aromatic carbocycles. The van der Waals surface area contributed by atoms with E-state index in [2.05, 4.69) is 22.9 Å². The Bertz CT molecular complexity index is 382. The summed E-state index contributed by atoms with van der Waals surface area (Å²) >= 11 is 3.06. The summed E-state index contributed by atoms with van der Waals surface area (Å²) in [6.07, 6.45) is 2.23. The van der Waals surface area contributed by atoms with E-state index in [1.54, 1.807) is 0 Å². The van der Waals surface area contributed by atoms with E-state index in [0.29, 0.717) is 0 Å². The van der Waals surface area contributed by atoms with Gasteiger partial charge >= 0.3 is 0 Å². The summed E-state index contributed by atoms with van der Waals surface area (Å²) in [5.74, 6) is -0.799. The first kappa shape index (κ1) is 14.6. The second kappa shape index (κ2) is 6.45. The zero-order valence-electron chi connectivity index (χ0n) is 10.1. The molecule has 96 valence electrons. The molecule has 1 rings (SSSR count). The van der Waals surface area contributed by atoms with Crippen LogP contribution >= 0.6 is 15.9 Å². The molecular weight excluding hydrogens is 288 g/mol. The molecule has 0 amide bonds. The summed E-state index contributed by atoms with van der Waals surface area (Å²) in [7, 11) is 0. The SMILES string of the molecule is CCCC(C)C(N)Cc1c(F)ccc(Br)c1F. The van der Waals surface area contributed by atoms with E-state index in [9.17, 15) is 8.78 Å². The van der Waals surface area contributed by atoms with Crippen molar-refractivity contribution in [2.75, 3.05) is 0 Å². The molecular formula is C13H18BrF2N. The predicted octanol–water partition coefficient (Wildman–Crippen LogP) is 4.03. The second-order valence-electron chi connectivity index (χ2n) is 4.46. The van der Waals surface area contributed by atoms with Crippen LogP contribution in [0.15, 0.2) is 16.6 Å². The molecule has 0 saturated carbocycles. The molecule has 0 aliphatic carbocycles. The van der Waals surface area contributed by atoms with Gasteiger partial charge in [-0.3, -0.25) is 0 Å². The Balaban J connectivity index is 2.84. The second-order valence-corrected chi connectivity index (χ2v) is 5.31. The highest BCUT2D eigenvalue weighted by Crippen LogP contribution is 2.24. The fraction of sp³-hybridized carbons (Fsp3) is 0.538. The third-order valence-electron chi connectivity index (χ3n) is 3.05. The van der Waals surface area contributed by atoms with Gasteiger partial charge in [0, 0.05) is 11.6 Å². The number of halogens is 3. The van der Waals surface area contributed by atoms with E-state index in [-0.39, 0.29) is 28.4 Å². The van der Waals surface area contributed by atoms with Crippen molar-refractivity contribution in [1.29, 1.82) is 0 Å². The van der Waals surface area contributed by atoms with E-state index >= 15 is 0 Å². The Morgan fingerprint density at radius 2 is 2.00 bits per heavy atom. The maximum atomic E-state index is 13.7.